The first kappa shape index (κ1) is 15.2. The second-order valence-electron chi connectivity index (χ2n) is 6.64. The van der Waals surface area contributed by atoms with Crippen LogP contribution in [0.3, 0.4) is 0 Å². The zero-order valence-electron chi connectivity index (χ0n) is 12.9. The topological polar surface area (TPSA) is 23.6 Å². The molecule has 0 atom stereocenters. The Morgan fingerprint density at radius 1 is 1.05 bits per heavy atom. The van der Waals surface area contributed by atoms with Crippen molar-refractivity contribution in [3.8, 4) is 0 Å². The van der Waals surface area contributed by atoms with Crippen LogP contribution < -0.4 is 0 Å². The fourth-order valence-electron chi connectivity index (χ4n) is 2.71. The number of ketones is 1. The van der Waals surface area contributed by atoms with Crippen LogP contribution >= 0.6 is 0 Å². The minimum atomic E-state index is 0.236. The van der Waals surface area contributed by atoms with Crippen LogP contribution in [0.1, 0.15) is 26.3 Å². The predicted octanol–water partition coefficient (Wildman–Crippen LogP) is 2.21. The van der Waals surface area contributed by atoms with Gasteiger partial charge in [-0.25, -0.2) is 0 Å². The van der Waals surface area contributed by atoms with Crippen LogP contribution in [0.25, 0.3) is 0 Å². The van der Waals surface area contributed by atoms with Crippen LogP contribution in [0.15, 0.2) is 30.3 Å². The Kier molecular flexibility index (Phi) is 4.95. The molecule has 0 aliphatic carbocycles. The van der Waals surface area contributed by atoms with E-state index < -0.39 is 0 Å². The summed E-state index contributed by atoms with van der Waals surface area (Å²) < 4.78 is 0. The first-order valence-electron chi connectivity index (χ1n) is 7.48. The van der Waals surface area contributed by atoms with Gasteiger partial charge in [0.1, 0.15) is 0 Å². The lowest BCUT2D eigenvalue weighted by atomic mass is 10.0. The summed E-state index contributed by atoms with van der Waals surface area (Å²) in [5.74, 6) is 0.320. The van der Waals surface area contributed by atoms with E-state index in [0.717, 1.165) is 31.7 Å². The van der Waals surface area contributed by atoms with Crippen molar-refractivity contribution in [2.45, 2.75) is 32.7 Å². The molecule has 2 rings (SSSR count). The molecule has 1 aliphatic heterocycles. The molecule has 0 bridgehead atoms. The Morgan fingerprint density at radius 2 is 1.65 bits per heavy atom. The molecule has 1 aromatic rings. The summed E-state index contributed by atoms with van der Waals surface area (Å²) in [4.78, 5) is 16.9. The number of piperazine rings is 1. The Morgan fingerprint density at radius 3 is 2.20 bits per heavy atom. The Bertz CT molecular complexity index is 428. The molecule has 20 heavy (non-hydrogen) atoms. The standard InChI is InChI=1S/C17H26N2O/c1-17(2,3)19-11-9-18(10-12-19)14-16(20)13-15-7-5-4-6-8-15/h4-8H,9-14H2,1-3H3. The molecular formula is C17H26N2O. The average molecular weight is 274 g/mol. The average Bonchev–Trinajstić information content (AvgIpc) is 2.39. The highest BCUT2D eigenvalue weighted by Gasteiger charge is 2.26. The van der Waals surface area contributed by atoms with Gasteiger partial charge in [0.05, 0.1) is 6.54 Å². The van der Waals surface area contributed by atoms with Crippen LogP contribution in [0.5, 0.6) is 0 Å². The monoisotopic (exact) mass is 274 g/mol. The van der Waals surface area contributed by atoms with E-state index in [9.17, 15) is 4.79 Å². The number of hydrogen-bond acceptors (Lipinski definition) is 3. The summed E-state index contributed by atoms with van der Waals surface area (Å²) >= 11 is 0. The number of rotatable bonds is 4. The van der Waals surface area contributed by atoms with E-state index in [1.165, 1.54) is 0 Å². The number of Topliss-reactive ketones (excluding diaryl/α,β-unsaturated/α-hetero) is 1. The van der Waals surface area contributed by atoms with Gasteiger partial charge in [0.25, 0.3) is 0 Å². The summed E-state index contributed by atoms with van der Waals surface area (Å²) in [5, 5.41) is 0. The molecule has 110 valence electrons. The highest BCUT2D eigenvalue weighted by molar-refractivity contribution is 5.82. The van der Waals surface area contributed by atoms with Crippen molar-refractivity contribution in [3.05, 3.63) is 35.9 Å². The van der Waals surface area contributed by atoms with Gasteiger partial charge in [-0.3, -0.25) is 14.6 Å². The van der Waals surface area contributed by atoms with Gasteiger partial charge in [0.15, 0.2) is 5.78 Å². The largest absolute Gasteiger partial charge is 0.298 e. The summed E-state index contributed by atoms with van der Waals surface area (Å²) in [6.45, 7) is 11.5. The van der Waals surface area contributed by atoms with E-state index in [0.29, 0.717) is 18.7 Å². The smallest absolute Gasteiger partial charge is 0.151 e. The van der Waals surface area contributed by atoms with Gasteiger partial charge < -0.3 is 0 Å². The maximum absolute atomic E-state index is 12.1. The summed E-state index contributed by atoms with van der Waals surface area (Å²) in [7, 11) is 0. The van der Waals surface area contributed by atoms with Gasteiger partial charge >= 0.3 is 0 Å². The van der Waals surface area contributed by atoms with Crippen LogP contribution in [-0.2, 0) is 11.2 Å². The fourth-order valence-corrected chi connectivity index (χ4v) is 2.71. The minimum absolute atomic E-state index is 0.236. The highest BCUT2D eigenvalue weighted by Crippen LogP contribution is 2.15. The zero-order valence-corrected chi connectivity index (χ0v) is 12.9. The molecular weight excluding hydrogens is 248 g/mol. The third kappa shape index (κ3) is 4.43. The Balaban J connectivity index is 1.77. The quantitative estimate of drug-likeness (QED) is 0.841. The summed E-state index contributed by atoms with van der Waals surface area (Å²) in [6.07, 6.45) is 0.556. The second-order valence-corrected chi connectivity index (χ2v) is 6.64. The Hall–Kier alpha value is -1.19. The molecule has 0 saturated carbocycles. The van der Waals surface area contributed by atoms with E-state index in [1.54, 1.807) is 0 Å². The molecule has 0 N–H and O–H groups in total. The number of carbonyl (C=O) groups excluding carboxylic acids is 1. The maximum atomic E-state index is 12.1. The van der Waals surface area contributed by atoms with E-state index in [2.05, 4.69) is 30.6 Å². The number of benzene rings is 1. The lowest BCUT2D eigenvalue weighted by Crippen LogP contribution is -2.54. The van der Waals surface area contributed by atoms with Crippen LogP contribution in [0.4, 0.5) is 0 Å². The minimum Gasteiger partial charge on any atom is -0.298 e. The molecule has 0 amide bonds. The third-order valence-electron chi connectivity index (χ3n) is 3.97. The van der Waals surface area contributed by atoms with E-state index >= 15 is 0 Å². The summed E-state index contributed by atoms with van der Waals surface area (Å²) in [6, 6.07) is 10.0. The van der Waals surface area contributed by atoms with Gasteiger partial charge in [-0.15, -0.1) is 0 Å². The first-order valence-corrected chi connectivity index (χ1v) is 7.48. The molecule has 0 unspecified atom stereocenters. The highest BCUT2D eigenvalue weighted by atomic mass is 16.1. The normalized spacial score (nSPS) is 18.1. The number of nitrogens with zero attached hydrogens (tertiary/aromatic N) is 2. The van der Waals surface area contributed by atoms with Gasteiger partial charge in [-0.05, 0) is 26.3 Å². The van der Waals surface area contributed by atoms with E-state index in [1.807, 2.05) is 30.3 Å². The summed E-state index contributed by atoms with van der Waals surface area (Å²) in [5.41, 5.74) is 1.35. The predicted molar refractivity (Wildman–Crippen MR) is 82.9 cm³/mol. The van der Waals surface area contributed by atoms with Gasteiger partial charge in [0, 0.05) is 38.1 Å². The molecule has 1 saturated heterocycles. The zero-order chi connectivity index (χ0) is 14.6. The molecule has 1 heterocycles. The van der Waals surface area contributed by atoms with Crippen molar-refractivity contribution in [1.29, 1.82) is 0 Å². The Labute approximate surface area is 122 Å². The lowest BCUT2D eigenvalue weighted by molar-refractivity contribution is -0.120. The van der Waals surface area contributed by atoms with Gasteiger partial charge in [0.2, 0.25) is 0 Å². The van der Waals surface area contributed by atoms with E-state index in [4.69, 9.17) is 0 Å². The lowest BCUT2D eigenvalue weighted by Gasteiger charge is -2.42. The molecule has 0 aromatic heterocycles. The molecule has 0 radical (unpaired) electrons. The fraction of sp³-hybridized carbons (Fsp3) is 0.588. The van der Waals surface area contributed by atoms with Crippen LogP contribution in [-0.4, -0.2) is 53.8 Å². The van der Waals surface area contributed by atoms with Crippen molar-refractivity contribution < 1.29 is 4.79 Å². The molecule has 1 fully saturated rings. The molecule has 3 heteroatoms. The maximum Gasteiger partial charge on any atom is 0.151 e. The number of hydrogen-bond donors (Lipinski definition) is 0. The van der Waals surface area contributed by atoms with Gasteiger partial charge in [-0.1, -0.05) is 30.3 Å². The van der Waals surface area contributed by atoms with Crippen molar-refractivity contribution >= 4 is 5.78 Å². The van der Waals surface area contributed by atoms with Crippen molar-refractivity contribution in [3.63, 3.8) is 0 Å². The molecule has 0 spiro atoms. The first-order chi connectivity index (χ1) is 9.45. The third-order valence-corrected chi connectivity index (χ3v) is 3.97. The SMILES string of the molecule is CC(C)(C)N1CCN(CC(=O)Cc2ccccc2)CC1. The number of carbonyl (C=O) groups is 1. The van der Waals surface area contributed by atoms with Crippen molar-refractivity contribution in [1.82, 2.24) is 9.80 Å². The second kappa shape index (κ2) is 6.51. The van der Waals surface area contributed by atoms with Crippen LogP contribution in [0.2, 0.25) is 0 Å². The molecule has 1 aliphatic rings. The van der Waals surface area contributed by atoms with Crippen molar-refractivity contribution in [2.24, 2.45) is 0 Å². The van der Waals surface area contributed by atoms with Crippen LogP contribution in [0, 0.1) is 0 Å². The van der Waals surface area contributed by atoms with E-state index in [-0.39, 0.29) is 5.54 Å². The molecule has 1 aromatic carbocycles. The van der Waals surface area contributed by atoms with Crippen molar-refractivity contribution in [2.75, 3.05) is 32.7 Å². The van der Waals surface area contributed by atoms with Gasteiger partial charge in [-0.2, -0.15) is 0 Å². The molecule has 3 nitrogen and oxygen atoms in total.